The highest BCUT2D eigenvalue weighted by Crippen LogP contribution is 2.37. The van der Waals surface area contributed by atoms with Gasteiger partial charge in [-0.2, -0.15) is 0 Å². The first kappa shape index (κ1) is 19.1. The van der Waals surface area contributed by atoms with Crippen molar-refractivity contribution in [2.24, 2.45) is 5.14 Å². The molecule has 0 unspecified atom stereocenters. The Bertz CT molecular complexity index is 1250. The number of nitrogens with two attached hydrogens (primary N) is 1. The molecule has 0 saturated carbocycles. The van der Waals surface area contributed by atoms with Gasteiger partial charge in [0.15, 0.2) is 5.76 Å². The number of rotatable bonds is 5. The molecule has 0 aliphatic heterocycles. The van der Waals surface area contributed by atoms with E-state index in [1.807, 2.05) is 48.5 Å². The van der Waals surface area contributed by atoms with Crippen molar-refractivity contribution >= 4 is 10.0 Å². The van der Waals surface area contributed by atoms with Crippen LogP contribution in [0, 0.1) is 0 Å². The lowest BCUT2D eigenvalue weighted by molar-refractivity contribution is 0.588. The fourth-order valence-electron chi connectivity index (χ4n) is 3.26. The summed E-state index contributed by atoms with van der Waals surface area (Å²) in [5, 5.41) is 5.22. The molecule has 4 rings (SSSR count). The van der Waals surface area contributed by atoms with Crippen molar-refractivity contribution in [1.29, 1.82) is 0 Å². The maximum absolute atomic E-state index is 11.6. The minimum atomic E-state index is -3.75. The number of primary sulfonamides is 1. The van der Waals surface area contributed by atoms with Crippen molar-refractivity contribution in [3.63, 3.8) is 0 Å². The topological polar surface area (TPSA) is 86.2 Å². The van der Waals surface area contributed by atoms with Gasteiger partial charge in [-0.15, -0.1) is 0 Å². The van der Waals surface area contributed by atoms with Gasteiger partial charge < -0.3 is 4.42 Å². The van der Waals surface area contributed by atoms with E-state index in [4.69, 9.17) is 14.5 Å². The molecule has 29 heavy (non-hydrogen) atoms. The highest BCUT2D eigenvalue weighted by atomic mass is 32.2. The van der Waals surface area contributed by atoms with Gasteiger partial charge in [-0.25, -0.2) is 18.5 Å². The lowest BCUT2D eigenvalue weighted by atomic mass is 10.1. The van der Waals surface area contributed by atoms with Gasteiger partial charge >= 0.3 is 0 Å². The highest BCUT2D eigenvalue weighted by Gasteiger charge is 2.19. The molecule has 0 bridgehead atoms. The molecule has 0 fully saturated rings. The number of hydrogen-bond donors (Lipinski definition) is 1. The maximum atomic E-state index is 11.6. The highest BCUT2D eigenvalue weighted by molar-refractivity contribution is 7.89. The van der Waals surface area contributed by atoms with E-state index in [1.54, 1.807) is 12.1 Å². The van der Waals surface area contributed by atoms with Crippen LogP contribution >= 0.6 is 0 Å². The van der Waals surface area contributed by atoms with Crippen LogP contribution in [-0.4, -0.2) is 13.4 Å². The lowest BCUT2D eigenvalue weighted by Gasteiger charge is -2.03. The monoisotopic (exact) mass is 404 g/mol. The van der Waals surface area contributed by atoms with Gasteiger partial charge in [0.05, 0.1) is 4.90 Å². The Balaban J connectivity index is 1.89. The molecule has 1 heterocycles. The Morgan fingerprint density at radius 2 is 1.52 bits per heavy atom. The molecule has 0 amide bonds. The first-order valence-electron chi connectivity index (χ1n) is 9.25. The zero-order valence-corrected chi connectivity index (χ0v) is 16.7. The minimum Gasteiger partial charge on any atom is -0.435 e. The molecule has 0 aliphatic carbocycles. The van der Waals surface area contributed by atoms with E-state index in [9.17, 15) is 8.42 Å². The molecular weight excluding hydrogens is 384 g/mol. The zero-order valence-electron chi connectivity index (χ0n) is 15.9. The molecular formula is C23H20N2O3S. The molecule has 0 radical (unpaired) electrons. The summed E-state index contributed by atoms with van der Waals surface area (Å²) in [6, 6.07) is 24.1. The summed E-state index contributed by atoms with van der Waals surface area (Å²) in [6.45, 7) is 2.09. The van der Waals surface area contributed by atoms with Crippen molar-refractivity contribution in [2.45, 2.75) is 18.2 Å². The first-order valence-corrected chi connectivity index (χ1v) is 10.8. The predicted octanol–water partition coefficient (Wildman–Crippen LogP) is 4.89. The van der Waals surface area contributed by atoms with E-state index in [0.717, 1.165) is 28.7 Å². The molecule has 0 saturated heterocycles. The Morgan fingerprint density at radius 3 is 2.17 bits per heavy atom. The number of sulfonamides is 1. The average molecular weight is 404 g/mol. The van der Waals surface area contributed by atoms with Gasteiger partial charge in [-0.1, -0.05) is 67.6 Å². The molecule has 1 aromatic heterocycles. The van der Waals surface area contributed by atoms with E-state index in [0.29, 0.717) is 17.3 Å². The number of benzene rings is 3. The molecule has 0 atom stereocenters. The molecule has 146 valence electrons. The summed E-state index contributed by atoms with van der Waals surface area (Å²) in [6.07, 6.45) is 0.859. The molecule has 3 aromatic carbocycles. The summed E-state index contributed by atoms with van der Waals surface area (Å²) in [4.78, 5) is 4.84. The second kappa shape index (κ2) is 7.66. The van der Waals surface area contributed by atoms with Crippen molar-refractivity contribution in [3.8, 4) is 34.0 Å². The third-order valence-corrected chi connectivity index (χ3v) is 5.68. The summed E-state index contributed by atoms with van der Waals surface area (Å²) in [7, 11) is -3.75. The van der Waals surface area contributed by atoms with Gasteiger partial charge in [-0.3, -0.25) is 0 Å². The molecule has 6 heteroatoms. The molecule has 0 spiro atoms. The first-order chi connectivity index (χ1) is 14.0. The molecule has 0 aliphatic rings. The Labute approximate surface area is 169 Å². The van der Waals surface area contributed by atoms with Crippen LogP contribution in [-0.2, 0) is 16.4 Å². The summed E-state index contributed by atoms with van der Waals surface area (Å²) >= 11 is 0. The normalized spacial score (nSPS) is 11.5. The van der Waals surface area contributed by atoms with Gasteiger partial charge in [0.2, 0.25) is 15.9 Å². The fraction of sp³-hybridized carbons (Fsp3) is 0.0870. The van der Waals surface area contributed by atoms with Crippen molar-refractivity contribution in [1.82, 2.24) is 4.98 Å². The van der Waals surface area contributed by atoms with Crippen molar-refractivity contribution in [3.05, 3.63) is 84.4 Å². The van der Waals surface area contributed by atoms with E-state index >= 15 is 0 Å². The van der Waals surface area contributed by atoms with Crippen LogP contribution in [0.25, 0.3) is 34.0 Å². The Morgan fingerprint density at radius 1 is 0.862 bits per heavy atom. The van der Waals surface area contributed by atoms with E-state index in [1.165, 1.54) is 12.1 Å². The van der Waals surface area contributed by atoms with Crippen LogP contribution in [0.1, 0.15) is 12.5 Å². The fourth-order valence-corrected chi connectivity index (χ4v) is 3.77. The quantitative estimate of drug-likeness (QED) is 0.513. The summed E-state index contributed by atoms with van der Waals surface area (Å²) < 4.78 is 29.4. The number of aromatic nitrogens is 1. The lowest BCUT2D eigenvalue weighted by Crippen LogP contribution is -2.11. The largest absolute Gasteiger partial charge is 0.435 e. The minimum absolute atomic E-state index is 0.0579. The van der Waals surface area contributed by atoms with E-state index < -0.39 is 10.0 Å². The standard InChI is InChI=1S/C23H20N2O3S/c1-2-16-8-6-7-11-20(16)23-25-21(22(28-23)18-9-4-3-5-10-18)17-12-14-19(15-13-17)29(24,26)27/h3-15H,2H2,1H3,(H2,24,26,27). The van der Waals surface area contributed by atoms with E-state index in [-0.39, 0.29) is 4.90 Å². The predicted molar refractivity (Wildman–Crippen MR) is 114 cm³/mol. The van der Waals surface area contributed by atoms with Crippen LogP contribution in [0.5, 0.6) is 0 Å². The van der Waals surface area contributed by atoms with Crippen LogP contribution in [0.3, 0.4) is 0 Å². The zero-order chi connectivity index (χ0) is 20.4. The smallest absolute Gasteiger partial charge is 0.238 e. The molecule has 2 N–H and O–H groups in total. The van der Waals surface area contributed by atoms with Crippen LogP contribution in [0.2, 0.25) is 0 Å². The number of hydrogen-bond acceptors (Lipinski definition) is 4. The van der Waals surface area contributed by atoms with Crippen LogP contribution < -0.4 is 5.14 Å². The van der Waals surface area contributed by atoms with Crippen molar-refractivity contribution in [2.75, 3.05) is 0 Å². The van der Waals surface area contributed by atoms with E-state index in [2.05, 4.69) is 13.0 Å². The molecule has 5 nitrogen and oxygen atoms in total. The SMILES string of the molecule is CCc1ccccc1-c1nc(-c2ccc(S(N)(=O)=O)cc2)c(-c2ccccc2)o1. The average Bonchev–Trinajstić information content (AvgIpc) is 3.19. The number of oxazole rings is 1. The van der Waals surface area contributed by atoms with Crippen LogP contribution in [0.4, 0.5) is 0 Å². The van der Waals surface area contributed by atoms with Gasteiger partial charge in [0, 0.05) is 16.7 Å². The third-order valence-electron chi connectivity index (χ3n) is 4.75. The number of nitrogens with zero attached hydrogens (tertiary/aromatic N) is 1. The second-order valence-corrected chi connectivity index (χ2v) is 8.20. The van der Waals surface area contributed by atoms with Crippen LogP contribution in [0.15, 0.2) is 88.2 Å². The molecule has 4 aromatic rings. The Kier molecular flexibility index (Phi) is 5.05. The van der Waals surface area contributed by atoms with Gasteiger partial charge in [0.1, 0.15) is 5.69 Å². The number of aryl methyl sites for hydroxylation is 1. The van der Waals surface area contributed by atoms with Gasteiger partial charge in [-0.05, 0) is 30.2 Å². The summed E-state index contributed by atoms with van der Waals surface area (Å²) in [5.74, 6) is 1.17. The van der Waals surface area contributed by atoms with Crippen molar-refractivity contribution < 1.29 is 12.8 Å². The second-order valence-electron chi connectivity index (χ2n) is 6.64. The maximum Gasteiger partial charge on any atom is 0.238 e. The summed E-state index contributed by atoms with van der Waals surface area (Å²) in [5.41, 5.74) is 4.38. The van der Waals surface area contributed by atoms with Gasteiger partial charge in [0.25, 0.3) is 0 Å². The third kappa shape index (κ3) is 3.85. The Hall–Kier alpha value is -3.22.